The molecule has 1 fully saturated rings. The maximum atomic E-state index is 6.04. The Bertz CT molecular complexity index is 548. The van der Waals surface area contributed by atoms with Crippen LogP contribution in [0.3, 0.4) is 0 Å². The second kappa shape index (κ2) is 4.82. The van der Waals surface area contributed by atoms with Gasteiger partial charge in [-0.25, -0.2) is 4.98 Å². The molecule has 0 amide bonds. The molecule has 1 aromatic heterocycles. The number of aryl methyl sites for hydroxylation is 1. The van der Waals surface area contributed by atoms with Crippen molar-refractivity contribution in [2.45, 2.75) is 38.0 Å². The fourth-order valence-corrected chi connectivity index (χ4v) is 3.29. The van der Waals surface area contributed by atoms with E-state index < -0.39 is 0 Å². The third-order valence-electron chi connectivity index (χ3n) is 4.53. The van der Waals surface area contributed by atoms with E-state index in [4.69, 9.17) is 5.73 Å². The van der Waals surface area contributed by atoms with Gasteiger partial charge in [-0.2, -0.15) is 0 Å². The molecule has 1 saturated carbocycles. The summed E-state index contributed by atoms with van der Waals surface area (Å²) in [6.45, 7) is 2.78. The average molecular weight is 255 g/mol. The van der Waals surface area contributed by atoms with Gasteiger partial charge in [-0.3, -0.25) is 0 Å². The maximum Gasteiger partial charge on any atom is 0.110 e. The molecule has 1 aliphatic carbocycles. The van der Waals surface area contributed by atoms with Gasteiger partial charge in [0.05, 0.1) is 0 Å². The lowest BCUT2D eigenvalue weighted by atomic mass is 9.79. The van der Waals surface area contributed by atoms with Crippen LogP contribution in [0.4, 0.5) is 0 Å². The molecule has 100 valence electrons. The molecule has 3 heteroatoms. The van der Waals surface area contributed by atoms with Crippen LogP contribution in [-0.2, 0) is 5.41 Å². The van der Waals surface area contributed by atoms with Gasteiger partial charge in [0.25, 0.3) is 0 Å². The highest BCUT2D eigenvalue weighted by Gasteiger charge is 2.33. The Morgan fingerprint density at radius 1 is 1.21 bits per heavy atom. The quantitative estimate of drug-likeness (QED) is 0.916. The van der Waals surface area contributed by atoms with Crippen LogP contribution in [0.15, 0.2) is 36.7 Å². The summed E-state index contributed by atoms with van der Waals surface area (Å²) in [5.41, 5.74) is 8.83. The fourth-order valence-electron chi connectivity index (χ4n) is 3.29. The van der Waals surface area contributed by atoms with Gasteiger partial charge in [0.15, 0.2) is 0 Å². The molecule has 1 aromatic carbocycles. The van der Waals surface area contributed by atoms with Gasteiger partial charge in [0, 0.05) is 30.0 Å². The Hall–Kier alpha value is -1.61. The van der Waals surface area contributed by atoms with Gasteiger partial charge in [-0.1, -0.05) is 25.0 Å². The van der Waals surface area contributed by atoms with Gasteiger partial charge in [0.1, 0.15) is 5.82 Å². The zero-order chi connectivity index (χ0) is 13.3. The number of imidazole rings is 1. The van der Waals surface area contributed by atoms with E-state index in [1.165, 1.54) is 36.9 Å². The Kier molecular flexibility index (Phi) is 3.15. The summed E-state index contributed by atoms with van der Waals surface area (Å²) >= 11 is 0. The topological polar surface area (TPSA) is 43.8 Å². The second-order valence-corrected chi connectivity index (χ2v) is 5.58. The molecule has 19 heavy (non-hydrogen) atoms. The molecule has 2 N–H and O–H groups in total. The molecule has 0 aliphatic heterocycles. The highest BCUT2D eigenvalue weighted by molar-refractivity contribution is 5.39. The SMILES string of the molecule is Cc1nccn1-c1ccc(C2(CN)CCCC2)cc1. The van der Waals surface area contributed by atoms with E-state index in [0.717, 1.165) is 12.4 Å². The number of nitrogens with zero attached hydrogens (tertiary/aromatic N) is 2. The Balaban J connectivity index is 1.93. The first kappa shape index (κ1) is 12.4. The van der Waals surface area contributed by atoms with Gasteiger partial charge < -0.3 is 10.3 Å². The van der Waals surface area contributed by atoms with E-state index in [2.05, 4.69) is 33.8 Å². The van der Waals surface area contributed by atoms with Crippen LogP contribution in [-0.4, -0.2) is 16.1 Å². The minimum absolute atomic E-state index is 0.225. The summed E-state index contributed by atoms with van der Waals surface area (Å²) in [4.78, 5) is 4.27. The van der Waals surface area contributed by atoms with Crippen molar-refractivity contribution >= 4 is 0 Å². The minimum atomic E-state index is 0.225. The van der Waals surface area contributed by atoms with Crippen LogP contribution < -0.4 is 5.73 Å². The maximum absolute atomic E-state index is 6.04. The Morgan fingerprint density at radius 3 is 2.42 bits per heavy atom. The Morgan fingerprint density at radius 2 is 1.89 bits per heavy atom. The summed E-state index contributed by atoms with van der Waals surface area (Å²) in [7, 11) is 0. The summed E-state index contributed by atoms with van der Waals surface area (Å²) in [5.74, 6) is 1.02. The summed E-state index contributed by atoms with van der Waals surface area (Å²) in [6.07, 6.45) is 8.90. The monoisotopic (exact) mass is 255 g/mol. The van der Waals surface area contributed by atoms with Gasteiger partial charge in [-0.15, -0.1) is 0 Å². The van der Waals surface area contributed by atoms with Crippen LogP contribution >= 0.6 is 0 Å². The normalized spacial score (nSPS) is 17.8. The van der Waals surface area contributed by atoms with E-state index in [-0.39, 0.29) is 5.41 Å². The number of nitrogens with two attached hydrogens (primary N) is 1. The molecule has 2 aromatic rings. The predicted octanol–water partition coefficient (Wildman–Crippen LogP) is 2.95. The summed E-state index contributed by atoms with van der Waals surface area (Å²) in [5, 5.41) is 0. The van der Waals surface area contributed by atoms with Crippen molar-refractivity contribution < 1.29 is 0 Å². The number of rotatable bonds is 3. The van der Waals surface area contributed by atoms with Crippen LogP contribution in [0.1, 0.15) is 37.1 Å². The highest BCUT2D eigenvalue weighted by atomic mass is 15.1. The van der Waals surface area contributed by atoms with Crippen LogP contribution in [0.2, 0.25) is 0 Å². The molecule has 0 radical (unpaired) electrons. The molecule has 0 unspecified atom stereocenters. The number of hydrogen-bond acceptors (Lipinski definition) is 2. The number of hydrogen-bond donors (Lipinski definition) is 1. The van der Waals surface area contributed by atoms with Crippen LogP contribution in [0, 0.1) is 6.92 Å². The lowest BCUT2D eigenvalue weighted by molar-refractivity contribution is 0.453. The third kappa shape index (κ3) is 2.08. The van der Waals surface area contributed by atoms with Crippen molar-refractivity contribution in [2.24, 2.45) is 5.73 Å². The van der Waals surface area contributed by atoms with Gasteiger partial charge in [0.2, 0.25) is 0 Å². The molecule has 1 heterocycles. The third-order valence-corrected chi connectivity index (χ3v) is 4.53. The van der Waals surface area contributed by atoms with E-state index in [9.17, 15) is 0 Å². The Labute approximate surface area is 114 Å². The molecule has 1 aliphatic rings. The van der Waals surface area contributed by atoms with E-state index >= 15 is 0 Å². The molecular weight excluding hydrogens is 234 g/mol. The minimum Gasteiger partial charge on any atom is -0.330 e. The standard InChI is InChI=1S/C16H21N3/c1-13-18-10-11-19(13)15-6-4-14(5-7-15)16(12-17)8-2-3-9-16/h4-7,10-11H,2-3,8-9,12,17H2,1H3. The van der Waals surface area contributed by atoms with Crippen molar-refractivity contribution in [3.63, 3.8) is 0 Å². The average Bonchev–Trinajstić information content (AvgIpc) is 3.08. The van der Waals surface area contributed by atoms with Crippen LogP contribution in [0.5, 0.6) is 0 Å². The number of aromatic nitrogens is 2. The molecule has 0 spiro atoms. The van der Waals surface area contributed by atoms with Gasteiger partial charge >= 0.3 is 0 Å². The van der Waals surface area contributed by atoms with Gasteiger partial charge in [-0.05, 0) is 37.5 Å². The van der Waals surface area contributed by atoms with Crippen molar-refractivity contribution in [3.8, 4) is 5.69 Å². The van der Waals surface area contributed by atoms with E-state index in [1.807, 2.05) is 19.3 Å². The zero-order valence-electron chi connectivity index (χ0n) is 11.5. The lowest BCUT2D eigenvalue weighted by Gasteiger charge is -2.28. The van der Waals surface area contributed by atoms with Crippen molar-refractivity contribution in [2.75, 3.05) is 6.54 Å². The smallest absolute Gasteiger partial charge is 0.110 e. The predicted molar refractivity (Wildman–Crippen MR) is 77.5 cm³/mol. The molecule has 0 saturated heterocycles. The first-order valence-electron chi connectivity index (χ1n) is 7.06. The highest BCUT2D eigenvalue weighted by Crippen LogP contribution is 2.40. The van der Waals surface area contributed by atoms with Crippen molar-refractivity contribution in [1.29, 1.82) is 0 Å². The van der Waals surface area contributed by atoms with E-state index in [1.54, 1.807) is 0 Å². The molecule has 3 nitrogen and oxygen atoms in total. The summed E-state index contributed by atoms with van der Waals surface area (Å²) in [6, 6.07) is 8.85. The second-order valence-electron chi connectivity index (χ2n) is 5.58. The summed E-state index contributed by atoms with van der Waals surface area (Å²) < 4.78 is 2.10. The first-order chi connectivity index (χ1) is 9.25. The molecule has 0 bridgehead atoms. The zero-order valence-corrected chi connectivity index (χ0v) is 11.5. The van der Waals surface area contributed by atoms with Crippen LogP contribution in [0.25, 0.3) is 5.69 Å². The largest absolute Gasteiger partial charge is 0.330 e. The molecule has 3 rings (SSSR count). The lowest BCUT2D eigenvalue weighted by Crippen LogP contribution is -2.31. The van der Waals surface area contributed by atoms with Crippen molar-refractivity contribution in [3.05, 3.63) is 48.0 Å². The first-order valence-corrected chi connectivity index (χ1v) is 7.06. The molecule has 0 atom stereocenters. The van der Waals surface area contributed by atoms with Crippen molar-refractivity contribution in [1.82, 2.24) is 9.55 Å². The molecular formula is C16H21N3. The van der Waals surface area contributed by atoms with E-state index in [0.29, 0.717) is 0 Å². The number of benzene rings is 1. The fraction of sp³-hybridized carbons (Fsp3) is 0.438.